The highest BCUT2D eigenvalue weighted by Crippen LogP contribution is 2.12. The number of hydrogen-bond acceptors (Lipinski definition) is 4. The van der Waals surface area contributed by atoms with Gasteiger partial charge in [-0.25, -0.2) is 4.98 Å². The van der Waals surface area contributed by atoms with E-state index in [1.807, 2.05) is 30.6 Å². The summed E-state index contributed by atoms with van der Waals surface area (Å²) in [5.74, 6) is 0. The first-order chi connectivity index (χ1) is 8.29. The minimum absolute atomic E-state index is 0.0990. The van der Waals surface area contributed by atoms with Crippen LogP contribution in [0.15, 0.2) is 29.8 Å². The van der Waals surface area contributed by atoms with Crippen LogP contribution in [0.25, 0.3) is 0 Å². The molecule has 3 nitrogen and oxygen atoms in total. The van der Waals surface area contributed by atoms with Gasteiger partial charge in [-0.2, -0.15) is 0 Å². The van der Waals surface area contributed by atoms with Gasteiger partial charge >= 0.3 is 0 Å². The van der Waals surface area contributed by atoms with Crippen LogP contribution in [0.2, 0.25) is 0 Å². The number of benzene rings is 1. The highest BCUT2D eigenvalue weighted by Gasteiger charge is 2.00. The molecule has 4 heteroatoms. The SMILES string of the molecule is Cc1ncsc1CNCc1cccc(CO)c1. The topological polar surface area (TPSA) is 45.2 Å². The Balaban J connectivity index is 1.87. The second kappa shape index (κ2) is 5.91. The summed E-state index contributed by atoms with van der Waals surface area (Å²) in [4.78, 5) is 5.50. The van der Waals surface area contributed by atoms with E-state index in [0.29, 0.717) is 0 Å². The van der Waals surface area contributed by atoms with E-state index in [1.54, 1.807) is 11.3 Å². The van der Waals surface area contributed by atoms with E-state index >= 15 is 0 Å². The van der Waals surface area contributed by atoms with Gasteiger partial charge in [-0.15, -0.1) is 11.3 Å². The van der Waals surface area contributed by atoms with Crippen molar-refractivity contribution in [2.24, 2.45) is 0 Å². The molecule has 0 bridgehead atoms. The summed E-state index contributed by atoms with van der Waals surface area (Å²) in [5, 5.41) is 12.4. The Bertz CT molecular complexity index is 482. The van der Waals surface area contributed by atoms with Crippen molar-refractivity contribution in [2.45, 2.75) is 26.6 Å². The molecule has 2 N–H and O–H groups in total. The molecule has 17 heavy (non-hydrogen) atoms. The van der Waals surface area contributed by atoms with Crippen molar-refractivity contribution < 1.29 is 5.11 Å². The van der Waals surface area contributed by atoms with Crippen LogP contribution in [0, 0.1) is 6.92 Å². The lowest BCUT2D eigenvalue weighted by Crippen LogP contribution is -2.12. The second-order valence-electron chi connectivity index (χ2n) is 3.94. The van der Waals surface area contributed by atoms with Crippen molar-refractivity contribution >= 4 is 11.3 Å². The summed E-state index contributed by atoms with van der Waals surface area (Å²) < 4.78 is 0. The number of thiazole rings is 1. The molecule has 0 aliphatic carbocycles. The zero-order valence-electron chi connectivity index (χ0n) is 9.81. The zero-order valence-corrected chi connectivity index (χ0v) is 10.6. The summed E-state index contributed by atoms with van der Waals surface area (Å²) in [6.07, 6.45) is 0. The molecule has 1 aromatic carbocycles. The molecule has 0 aliphatic rings. The molecule has 2 rings (SSSR count). The fraction of sp³-hybridized carbons (Fsp3) is 0.308. The van der Waals surface area contributed by atoms with E-state index in [1.165, 1.54) is 10.4 Å². The summed E-state index contributed by atoms with van der Waals surface area (Å²) >= 11 is 1.68. The fourth-order valence-electron chi connectivity index (χ4n) is 1.65. The maximum Gasteiger partial charge on any atom is 0.0798 e. The summed E-state index contributed by atoms with van der Waals surface area (Å²) in [7, 11) is 0. The highest BCUT2D eigenvalue weighted by atomic mass is 32.1. The van der Waals surface area contributed by atoms with Gasteiger partial charge in [0, 0.05) is 18.0 Å². The maximum absolute atomic E-state index is 9.05. The molecular formula is C13H16N2OS. The minimum atomic E-state index is 0.0990. The molecule has 0 amide bonds. The van der Waals surface area contributed by atoms with Crippen LogP contribution < -0.4 is 5.32 Å². The van der Waals surface area contributed by atoms with Crippen LogP contribution in [0.3, 0.4) is 0 Å². The Kier molecular flexibility index (Phi) is 4.25. The van der Waals surface area contributed by atoms with Gasteiger partial charge in [0.25, 0.3) is 0 Å². The van der Waals surface area contributed by atoms with Crippen molar-refractivity contribution in [2.75, 3.05) is 0 Å². The molecule has 90 valence electrons. The molecular weight excluding hydrogens is 232 g/mol. The largest absolute Gasteiger partial charge is 0.392 e. The Morgan fingerprint density at radius 3 is 2.82 bits per heavy atom. The number of aromatic nitrogens is 1. The van der Waals surface area contributed by atoms with Crippen molar-refractivity contribution in [3.05, 3.63) is 51.5 Å². The van der Waals surface area contributed by atoms with Crippen LogP contribution in [0.4, 0.5) is 0 Å². The lowest BCUT2D eigenvalue weighted by Gasteiger charge is -2.05. The Labute approximate surface area is 105 Å². The molecule has 0 saturated heterocycles. The molecule has 0 unspecified atom stereocenters. The molecule has 0 aliphatic heterocycles. The van der Waals surface area contributed by atoms with E-state index in [0.717, 1.165) is 24.3 Å². The van der Waals surface area contributed by atoms with Gasteiger partial charge in [0.2, 0.25) is 0 Å². The van der Waals surface area contributed by atoms with E-state index in [4.69, 9.17) is 5.11 Å². The number of nitrogens with one attached hydrogen (secondary N) is 1. The standard InChI is InChI=1S/C13H16N2OS/c1-10-13(17-9-15-10)7-14-6-11-3-2-4-12(5-11)8-16/h2-5,9,14,16H,6-8H2,1H3. The third-order valence-electron chi connectivity index (χ3n) is 2.63. The Hall–Kier alpha value is -1.23. The summed E-state index contributed by atoms with van der Waals surface area (Å²) in [5.41, 5.74) is 5.13. The van der Waals surface area contributed by atoms with Gasteiger partial charge in [-0.1, -0.05) is 24.3 Å². The third kappa shape index (κ3) is 3.36. The maximum atomic E-state index is 9.05. The molecule has 0 atom stereocenters. The lowest BCUT2D eigenvalue weighted by molar-refractivity contribution is 0.281. The molecule has 0 saturated carbocycles. The molecule has 1 heterocycles. The molecule has 2 aromatic rings. The van der Waals surface area contributed by atoms with E-state index in [-0.39, 0.29) is 6.61 Å². The number of hydrogen-bond donors (Lipinski definition) is 2. The summed E-state index contributed by atoms with van der Waals surface area (Å²) in [6, 6.07) is 7.98. The normalized spacial score (nSPS) is 10.7. The number of aliphatic hydroxyl groups is 1. The van der Waals surface area contributed by atoms with Crippen molar-refractivity contribution in [3.63, 3.8) is 0 Å². The van der Waals surface area contributed by atoms with Crippen LogP contribution in [-0.2, 0) is 19.7 Å². The van der Waals surface area contributed by atoms with Gasteiger partial charge in [-0.3, -0.25) is 0 Å². The predicted octanol–water partition coefficient (Wildman–Crippen LogP) is 2.23. The van der Waals surface area contributed by atoms with Crippen LogP contribution >= 0.6 is 11.3 Å². The van der Waals surface area contributed by atoms with Crippen molar-refractivity contribution in [3.8, 4) is 0 Å². The van der Waals surface area contributed by atoms with Crippen LogP contribution in [0.5, 0.6) is 0 Å². The third-order valence-corrected chi connectivity index (χ3v) is 3.57. The van der Waals surface area contributed by atoms with Crippen molar-refractivity contribution in [1.29, 1.82) is 0 Å². The minimum Gasteiger partial charge on any atom is -0.392 e. The summed E-state index contributed by atoms with van der Waals surface area (Å²) in [6.45, 7) is 3.78. The van der Waals surface area contributed by atoms with Crippen LogP contribution in [-0.4, -0.2) is 10.1 Å². The number of nitrogens with zero attached hydrogens (tertiary/aromatic N) is 1. The first-order valence-electron chi connectivity index (χ1n) is 5.58. The average Bonchev–Trinajstić information content (AvgIpc) is 2.76. The Morgan fingerprint density at radius 1 is 1.29 bits per heavy atom. The number of aryl methyl sites for hydroxylation is 1. The zero-order chi connectivity index (χ0) is 12.1. The molecule has 1 aromatic heterocycles. The lowest BCUT2D eigenvalue weighted by atomic mass is 10.1. The number of aliphatic hydroxyl groups excluding tert-OH is 1. The average molecular weight is 248 g/mol. The Morgan fingerprint density at radius 2 is 2.12 bits per heavy atom. The number of rotatable bonds is 5. The monoisotopic (exact) mass is 248 g/mol. The quantitative estimate of drug-likeness (QED) is 0.853. The van der Waals surface area contributed by atoms with Gasteiger partial charge < -0.3 is 10.4 Å². The first kappa shape index (κ1) is 12.2. The van der Waals surface area contributed by atoms with Gasteiger partial charge in [0.05, 0.1) is 17.8 Å². The second-order valence-corrected chi connectivity index (χ2v) is 4.88. The smallest absolute Gasteiger partial charge is 0.0798 e. The van der Waals surface area contributed by atoms with Gasteiger partial charge in [0.1, 0.15) is 0 Å². The van der Waals surface area contributed by atoms with E-state index in [2.05, 4.69) is 16.4 Å². The molecule has 0 radical (unpaired) electrons. The highest BCUT2D eigenvalue weighted by molar-refractivity contribution is 7.09. The van der Waals surface area contributed by atoms with Gasteiger partial charge in [-0.05, 0) is 18.1 Å². The van der Waals surface area contributed by atoms with Crippen molar-refractivity contribution in [1.82, 2.24) is 10.3 Å². The van der Waals surface area contributed by atoms with E-state index < -0.39 is 0 Å². The van der Waals surface area contributed by atoms with Crippen LogP contribution in [0.1, 0.15) is 21.7 Å². The predicted molar refractivity (Wildman–Crippen MR) is 69.8 cm³/mol. The fourth-order valence-corrected chi connectivity index (χ4v) is 2.40. The first-order valence-corrected chi connectivity index (χ1v) is 6.46. The van der Waals surface area contributed by atoms with Gasteiger partial charge in [0.15, 0.2) is 0 Å². The van der Waals surface area contributed by atoms with E-state index in [9.17, 15) is 0 Å². The molecule has 0 fully saturated rings. The molecule has 0 spiro atoms.